The van der Waals surface area contributed by atoms with Gasteiger partial charge in [-0.1, -0.05) is 93.0 Å². The molecule has 2 N–H and O–H groups in total. The second kappa shape index (κ2) is 14.7. The molecule has 2 amide bonds. The van der Waals surface area contributed by atoms with Crippen LogP contribution >= 0.6 is 11.6 Å². The Kier molecular flexibility index (Phi) is 10.9. The molecule has 0 aliphatic heterocycles. The fraction of sp³-hybridized carbons (Fsp3) is 0.229. The molecule has 0 fully saturated rings. The Morgan fingerprint density at radius 3 is 2.13 bits per heavy atom. The number of hydrogen-bond donors (Lipinski definition) is 2. The average molecular weight is 678 g/mol. The summed E-state index contributed by atoms with van der Waals surface area (Å²) >= 11 is 6.57. The third-order valence-electron chi connectivity index (χ3n) is 7.16. The number of carboxylic acid groups (broad SMARTS) is 1. The van der Waals surface area contributed by atoms with Crippen LogP contribution in [0.2, 0.25) is 5.02 Å². The summed E-state index contributed by atoms with van der Waals surface area (Å²) in [5.74, 6) is -1.73. The van der Waals surface area contributed by atoms with Gasteiger partial charge in [-0.15, -0.1) is 0 Å². The number of aliphatic carboxylic acids is 1. The molecule has 10 nitrogen and oxygen atoms in total. The van der Waals surface area contributed by atoms with Crippen LogP contribution in [0.25, 0.3) is 0 Å². The standard InChI is InChI=1S/C35H36ClN3O7S/c1-35(2,3)32(33(41)42)39(28-18-9-8-17-27(28)36)29-19-10-11-20-30(29)47(44,45)26-16-12-15-25(21-26)37-31(40)22-38(4)34(43)46-23-24-13-6-5-7-14-24/h5-21,32H,22-23H2,1-4H3,(H,37,40)(H,41,42). The molecule has 0 aliphatic carbocycles. The number of para-hydroxylation sites is 2. The fourth-order valence-electron chi connectivity index (χ4n) is 4.98. The minimum Gasteiger partial charge on any atom is -0.480 e. The Balaban J connectivity index is 1.62. The lowest BCUT2D eigenvalue weighted by molar-refractivity contribution is -0.140. The molecule has 0 aliphatic rings. The fourth-order valence-corrected chi connectivity index (χ4v) is 6.70. The molecule has 0 heterocycles. The van der Waals surface area contributed by atoms with Crippen molar-refractivity contribution in [3.8, 4) is 0 Å². The topological polar surface area (TPSA) is 133 Å². The highest BCUT2D eigenvalue weighted by Crippen LogP contribution is 2.42. The van der Waals surface area contributed by atoms with Crippen LogP contribution in [-0.4, -0.2) is 56.0 Å². The number of likely N-dealkylation sites (N-methyl/N-ethyl adjacent to an activating group) is 1. The highest BCUT2D eigenvalue weighted by molar-refractivity contribution is 7.91. The molecule has 0 saturated heterocycles. The number of carbonyl (C=O) groups is 3. The highest BCUT2D eigenvalue weighted by Gasteiger charge is 2.40. The molecule has 47 heavy (non-hydrogen) atoms. The number of nitrogens with zero attached hydrogens (tertiary/aromatic N) is 2. The van der Waals surface area contributed by atoms with E-state index in [2.05, 4.69) is 5.32 Å². The van der Waals surface area contributed by atoms with Gasteiger partial charge in [0.2, 0.25) is 15.7 Å². The van der Waals surface area contributed by atoms with Gasteiger partial charge in [0.1, 0.15) is 19.2 Å². The number of halogens is 1. The first-order valence-electron chi connectivity index (χ1n) is 14.6. The van der Waals surface area contributed by atoms with Crippen molar-refractivity contribution in [3.63, 3.8) is 0 Å². The number of ether oxygens (including phenoxy) is 1. The van der Waals surface area contributed by atoms with Crippen molar-refractivity contribution in [2.24, 2.45) is 5.41 Å². The second-order valence-electron chi connectivity index (χ2n) is 11.9. The van der Waals surface area contributed by atoms with Gasteiger partial charge in [-0.05, 0) is 53.4 Å². The largest absolute Gasteiger partial charge is 0.480 e. The predicted molar refractivity (Wildman–Crippen MR) is 181 cm³/mol. The van der Waals surface area contributed by atoms with Crippen LogP contribution in [0.1, 0.15) is 26.3 Å². The normalized spacial score (nSPS) is 12.1. The van der Waals surface area contributed by atoms with E-state index >= 15 is 0 Å². The second-order valence-corrected chi connectivity index (χ2v) is 14.2. The first-order valence-corrected chi connectivity index (χ1v) is 16.5. The van der Waals surface area contributed by atoms with Crippen molar-refractivity contribution < 1.29 is 32.6 Å². The van der Waals surface area contributed by atoms with Crippen LogP contribution < -0.4 is 10.2 Å². The van der Waals surface area contributed by atoms with Gasteiger partial charge in [0.15, 0.2) is 0 Å². The van der Waals surface area contributed by atoms with Crippen LogP contribution in [0.3, 0.4) is 0 Å². The maximum Gasteiger partial charge on any atom is 0.410 e. The lowest BCUT2D eigenvalue weighted by Gasteiger charge is -2.39. The lowest BCUT2D eigenvalue weighted by atomic mass is 9.85. The third-order valence-corrected chi connectivity index (χ3v) is 9.28. The smallest absolute Gasteiger partial charge is 0.410 e. The van der Waals surface area contributed by atoms with Crippen molar-refractivity contribution >= 4 is 56.5 Å². The predicted octanol–water partition coefficient (Wildman–Crippen LogP) is 7.02. The number of benzene rings is 4. The monoisotopic (exact) mass is 677 g/mol. The molecule has 0 saturated carbocycles. The molecule has 1 unspecified atom stereocenters. The maximum atomic E-state index is 14.2. The van der Waals surface area contributed by atoms with E-state index in [1.54, 1.807) is 57.2 Å². The van der Waals surface area contributed by atoms with Crippen LogP contribution in [-0.2, 0) is 30.8 Å². The Morgan fingerprint density at radius 2 is 1.49 bits per heavy atom. The van der Waals surface area contributed by atoms with Crippen molar-refractivity contribution in [2.45, 2.75) is 43.2 Å². The Hall–Kier alpha value is -4.87. The lowest BCUT2D eigenvalue weighted by Crippen LogP contribution is -2.47. The van der Waals surface area contributed by atoms with E-state index in [1.807, 2.05) is 30.3 Å². The molecule has 0 aromatic heterocycles. The Morgan fingerprint density at radius 1 is 0.872 bits per heavy atom. The minimum atomic E-state index is -4.28. The maximum absolute atomic E-state index is 14.2. The molecule has 0 bridgehead atoms. The summed E-state index contributed by atoms with van der Waals surface area (Å²) in [5.41, 5.74) is 0.568. The van der Waals surface area contributed by atoms with Crippen molar-refractivity contribution in [3.05, 3.63) is 114 Å². The third kappa shape index (κ3) is 8.49. The zero-order valence-electron chi connectivity index (χ0n) is 26.4. The zero-order valence-corrected chi connectivity index (χ0v) is 28.0. The number of carbonyl (C=O) groups excluding carboxylic acids is 2. The summed E-state index contributed by atoms with van der Waals surface area (Å²) in [6.07, 6.45) is -0.699. The van der Waals surface area contributed by atoms with E-state index in [4.69, 9.17) is 16.3 Å². The van der Waals surface area contributed by atoms with Crippen LogP contribution in [0, 0.1) is 5.41 Å². The summed E-state index contributed by atoms with van der Waals surface area (Å²) in [6.45, 7) is 4.95. The van der Waals surface area contributed by atoms with Gasteiger partial charge in [-0.25, -0.2) is 18.0 Å². The Labute approximate surface area is 279 Å². The SMILES string of the molecule is CN(CC(=O)Nc1cccc(S(=O)(=O)c2ccccc2N(c2ccccc2Cl)C(C(=O)O)C(C)(C)C)c1)C(=O)OCc1ccccc1. The molecule has 4 aromatic rings. The van der Waals surface area contributed by atoms with Gasteiger partial charge in [0.25, 0.3) is 0 Å². The van der Waals surface area contributed by atoms with Gasteiger partial charge >= 0.3 is 12.1 Å². The van der Waals surface area contributed by atoms with Crippen molar-refractivity contribution in [1.29, 1.82) is 0 Å². The minimum absolute atomic E-state index is 0.0455. The first-order chi connectivity index (χ1) is 22.2. The molecular formula is C35H36ClN3O7S. The van der Waals surface area contributed by atoms with E-state index < -0.39 is 39.3 Å². The Bertz CT molecular complexity index is 1860. The summed E-state index contributed by atoms with van der Waals surface area (Å²) in [4.78, 5) is 40.2. The van der Waals surface area contributed by atoms with E-state index in [1.165, 1.54) is 48.3 Å². The summed E-state index contributed by atoms with van der Waals surface area (Å²) in [5, 5.41) is 13.3. The number of amides is 2. The van der Waals surface area contributed by atoms with Crippen LogP contribution in [0.4, 0.5) is 21.9 Å². The molecule has 0 spiro atoms. The van der Waals surface area contributed by atoms with E-state index in [0.717, 1.165) is 10.5 Å². The van der Waals surface area contributed by atoms with Crippen molar-refractivity contribution in [1.82, 2.24) is 4.90 Å². The van der Waals surface area contributed by atoms with Gasteiger partial charge in [0.05, 0.1) is 26.2 Å². The summed E-state index contributed by atoms with van der Waals surface area (Å²) < 4.78 is 33.7. The van der Waals surface area contributed by atoms with Crippen LogP contribution in [0.15, 0.2) is 113 Å². The van der Waals surface area contributed by atoms with E-state index in [-0.39, 0.29) is 39.3 Å². The average Bonchev–Trinajstić information content (AvgIpc) is 3.02. The molecule has 4 rings (SSSR count). The summed E-state index contributed by atoms with van der Waals surface area (Å²) in [6, 6.07) is 26.3. The molecule has 4 aromatic carbocycles. The van der Waals surface area contributed by atoms with Gasteiger partial charge in [0, 0.05) is 12.7 Å². The zero-order chi connectivity index (χ0) is 34.4. The van der Waals surface area contributed by atoms with E-state index in [0.29, 0.717) is 5.69 Å². The van der Waals surface area contributed by atoms with Gasteiger partial charge in [-0.3, -0.25) is 4.79 Å². The number of hydrogen-bond acceptors (Lipinski definition) is 7. The van der Waals surface area contributed by atoms with E-state index in [9.17, 15) is 27.9 Å². The van der Waals surface area contributed by atoms with Crippen LogP contribution in [0.5, 0.6) is 0 Å². The van der Waals surface area contributed by atoms with Gasteiger partial charge in [-0.2, -0.15) is 0 Å². The molecule has 246 valence electrons. The number of rotatable bonds is 11. The van der Waals surface area contributed by atoms with Crippen molar-refractivity contribution in [2.75, 3.05) is 23.8 Å². The number of nitrogens with one attached hydrogen (secondary N) is 1. The quantitative estimate of drug-likeness (QED) is 0.173. The first kappa shape index (κ1) is 35.0. The highest BCUT2D eigenvalue weighted by atomic mass is 35.5. The molecule has 12 heteroatoms. The molecule has 0 radical (unpaired) electrons. The number of anilines is 3. The molecule has 1 atom stereocenters. The number of sulfone groups is 1. The summed E-state index contributed by atoms with van der Waals surface area (Å²) in [7, 11) is -2.87. The molecular weight excluding hydrogens is 642 g/mol. The number of carboxylic acids is 1. The van der Waals surface area contributed by atoms with Gasteiger partial charge < -0.3 is 25.0 Å².